The second kappa shape index (κ2) is 6.90. The molecule has 0 radical (unpaired) electrons. The van der Waals surface area contributed by atoms with Crippen LogP contribution < -0.4 is 5.32 Å². The minimum absolute atomic E-state index is 0.114. The first-order chi connectivity index (χ1) is 13.3. The number of rotatable bonds is 4. The van der Waals surface area contributed by atoms with Crippen molar-refractivity contribution >= 4 is 37.7 Å². The van der Waals surface area contributed by atoms with Gasteiger partial charge in [-0.25, -0.2) is 9.97 Å². The van der Waals surface area contributed by atoms with Gasteiger partial charge in [-0.15, -0.1) is 0 Å². The summed E-state index contributed by atoms with van der Waals surface area (Å²) in [7, 11) is 0. The van der Waals surface area contributed by atoms with Gasteiger partial charge in [0.05, 0.1) is 45.9 Å². The quantitative estimate of drug-likeness (QED) is 0.564. The van der Waals surface area contributed by atoms with Crippen LogP contribution in [-0.2, 0) is 6.54 Å². The number of imidazole rings is 1. The summed E-state index contributed by atoms with van der Waals surface area (Å²) in [6.07, 6.45) is 9.36. The van der Waals surface area contributed by atoms with Crippen LogP contribution in [0.25, 0.3) is 21.3 Å². The maximum absolute atomic E-state index is 10.2. The molecule has 6 nitrogen and oxygen atoms in total. The van der Waals surface area contributed by atoms with E-state index >= 15 is 0 Å². The molecular formula is C20H21N5OS. The number of aliphatic hydroxyl groups is 1. The fraction of sp³-hybridized carbons (Fsp3) is 0.350. The number of pyridine rings is 1. The van der Waals surface area contributed by atoms with Gasteiger partial charge in [0.1, 0.15) is 0 Å². The van der Waals surface area contributed by atoms with Crippen molar-refractivity contribution in [3.8, 4) is 0 Å². The molecule has 5 rings (SSSR count). The summed E-state index contributed by atoms with van der Waals surface area (Å²) in [5.41, 5.74) is 4.20. The molecule has 0 aliphatic heterocycles. The Labute approximate surface area is 160 Å². The average Bonchev–Trinajstić information content (AvgIpc) is 3.27. The molecular weight excluding hydrogens is 358 g/mol. The molecule has 3 heterocycles. The van der Waals surface area contributed by atoms with Crippen molar-refractivity contribution in [2.24, 2.45) is 0 Å². The molecule has 2 atom stereocenters. The number of hydrogen-bond acceptors (Lipinski definition) is 6. The number of fused-ring (bicyclic) bond motifs is 2. The van der Waals surface area contributed by atoms with Gasteiger partial charge < -0.3 is 15.0 Å². The third-order valence-corrected chi connectivity index (χ3v) is 6.22. The summed E-state index contributed by atoms with van der Waals surface area (Å²) >= 11 is 1.65. The zero-order chi connectivity index (χ0) is 18.2. The number of nitrogens with zero attached hydrogens (tertiary/aromatic N) is 4. The molecule has 1 aliphatic rings. The highest BCUT2D eigenvalue weighted by molar-refractivity contribution is 7.22. The van der Waals surface area contributed by atoms with Crippen LogP contribution in [0.1, 0.15) is 31.2 Å². The van der Waals surface area contributed by atoms with Gasteiger partial charge in [-0.3, -0.25) is 4.98 Å². The van der Waals surface area contributed by atoms with E-state index < -0.39 is 0 Å². The van der Waals surface area contributed by atoms with Crippen molar-refractivity contribution in [1.82, 2.24) is 19.5 Å². The molecule has 138 valence electrons. The summed E-state index contributed by atoms with van der Waals surface area (Å²) in [6, 6.07) is 8.42. The minimum atomic E-state index is -0.274. The number of nitrogens with one attached hydrogen (secondary N) is 1. The van der Waals surface area contributed by atoms with Gasteiger partial charge in [-0.2, -0.15) is 0 Å². The maximum Gasteiger partial charge on any atom is 0.184 e. The van der Waals surface area contributed by atoms with Gasteiger partial charge in [0, 0.05) is 12.7 Å². The fourth-order valence-electron chi connectivity index (χ4n) is 3.79. The number of thiazole rings is 1. The molecule has 1 aliphatic carbocycles. The van der Waals surface area contributed by atoms with Crippen LogP contribution in [0.15, 0.2) is 43.0 Å². The zero-order valence-electron chi connectivity index (χ0n) is 14.9. The molecule has 0 amide bonds. The molecule has 0 spiro atoms. The SMILES string of the molecule is O[C@@H]1CCCC[C@H]1Nc1nc2ccc(Cn3cnc4ccncc43)cc2s1. The molecule has 1 aromatic carbocycles. The van der Waals surface area contributed by atoms with Crippen LogP contribution >= 0.6 is 11.3 Å². The average molecular weight is 379 g/mol. The van der Waals surface area contributed by atoms with Crippen molar-refractivity contribution in [2.45, 2.75) is 44.4 Å². The first-order valence-electron chi connectivity index (χ1n) is 9.35. The highest BCUT2D eigenvalue weighted by Crippen LogP contribution is 2.30. The molecule has 3 aromatic heterocycles. The van der Waals surface area contributed by atoms with E-state index in [0.717, 1.165) is 58.6 Å². The first kappa shape index (κ1) is 16.6. The van der Waals surface area contributed by atoms with Crippen LogP contribution in [0.3, 0.4) is 0 Å². The summed E-state index contributed by atoms with van der Waals surface area (Å²) in [6.45, 7) is 0.750. The zero-order valence-corrected chi connectivity index (χ0v) is 15.7. The predicted molar refractivity (Wildman–Crippen MR) is 108 cm³/mol. The Kier molecular flexibility index (Phi) is 4.26. The molecule has 27 heavy (non-hydrogen) atoms. The molecule has 2 N–H and O–H groups in total. The van der Waals surface area contributed by atoms with E-state index in [1.807, 2.05) is 18.6 Å². The van der Waals surface area contributed by atoms with Gasteiger partial charge >= 0.3 is 0 Å². The Morgan fingerprint density at radius 1 is 1.19 bits per heavy atom. The van der Waals surface area contributed by atoms with Gasteiger partial charge in [-0.05, 0) is 36.6 Å². The number of anilines is 1. The van der Waals surface area contributed by atoms with Crippen molar-refractivity contribution in [3.63, 3.8) is 0 Å². The maximum atomic E-state index is 10.2. The molecule has 0 unspecified atom stereocenters. The second-order valence-electron chi connectivity index (χ2n) is 7.16. The van der Waals surface area contributed by atoms with E-state index in [0.29, 0.717) is 0 Å². The topological polar surface area (TPSA) is 75.9 Å². The Morgan fingerprint density at radius 3 is 3.04 bits per heavy atom. The Bertz CT molecular complexity index is 1090. The van der Waals surface area contributed by atoms with Crippen LogP contribution in [0, 0.1) is 0 Å². The summed E-state index contributed by atoms with van der Waals surface area (Å²) in [4.78, 5) is 13.3. The molecule has 7 heteroatoms. The number of benzene rings is 1. The van der Waals surface area contributed by atoms with Crippen LogP contribution in [0.5, 0.6) is 0 Å². The van der Waals surface area contributed by atoms with Crippen molar-refractivity contribution < 1.29 is 5.11 Å². The lowest BCUT2D eigenvalue weighted by molar-refractivity contribution is 0.116. The third kappa shape index (κ3) is 3.28. The largest absolute Gasteiger partial charge is 0.391 e. The van der Waals surface area contributed by atoms with E-state index in [2.05, 4.69) is 38.1 Å². The van der Waals surface area contributed by atoms with E-state index in [-0.39, 0.29) is 12.1 Å². The Morgan fingerprint density at radius 2 is 2.11 bits per heavy atom. The van der Waals surface area contributed by atoms with Crippen molar-refractivity contribution in [2.75, 3.05) is 5.32 Å². The van der Waals surface area contributed by atoms with Crippen molar-refractivity contribution in [1.29, 1.82) is 0 Å². The van der Waals surface area contributed by atoms with Gasteiger partial charge in [0.2, 0.25) is 0 Å². The van der Waals surface area contributed by atoms with Crippen molar-refractivity contribution in [3.05, 3.63) is 48.5 Å². The third-order valence-electron chi connectivity index (χ3n) is 5.27. The predicted octanol–water partition coefficient (Wildman–Crippen LogP) is 3.80. The van der Waals surface area contributed by atoms with E-state index in [1.54, 1.807) is 17.5 Å². The highest BCUT2D eigenvalue weighted by atomic mass is 32.1. The Balaban J connectivity index is 1.39. The molecule has 0 saturated heterocycles. The normalized spacial score (nSPS) is 20.3. The lowest BCUT2D eigenvalue weighted by atomic mass is 9.93. The summed E-state index contributed by atoms with van der Waals surface area (Å²) in [5.74, 6) is 0. The summed E-state index contributed by atoms with van der Waals surface area (Å²) < 4.78 is 3.27. The first-order valence-corrected chi connectivity index (χ1v) is 10.2. The second-order valence-corrected chi connectivity index (χ2v) is 8.19. The van der Waals surface area contributed by atoms with Crippen LogP contribution in [0.2, 0.25) is 0 Å². The minimum Gasteiger partial charge on any atom is -0.391 e. The van der Waals surface area contributed by atoms with Gasteiger partial charge in [-0.1, -0.05) is 30.2 Å². The number of aromatic nitrogens is 4. The summed E-state index contributed by atoms with van der Waals surface area (Å²) in [5, 5.41) is 14.5. The monoisotopic (exact) mass is 379 g/mol. The van der Waals surface area contributed by atoms with Crippen LogP contribution in [0.4, 0.5) is 5.13 Å². The fourth-order valence-corrected chi connectivity index (χ4v) is 4.78. The lowest BCUT2D eigenvalue weighted by Gasteiger charge is -2.27. The smallest absolute Gasteiger partial charge is 0.184 e. The number of hydrogen-bond donors (Lipinski definition) is 2. The molecule has 0 bridgehead atoms. The van der Waals surface area contributed by atoms with E-state index in [1.165, 1.54) is 5.56 Å². The Hall–Kier alpha value is -2.51. The number of aliphatic hydroxyl groups excluding tert-OH is 1. The van der Waals surface area contributed by atoms with Crippen LogP contribution in [-0.4, -0.2) is 36.8 Å². The lowest BCUT2D eigenvalue weighted by Crippen LogP contribution is -2.36. The standard InChI is InChI=1S/C20H21N5OS/c26-18-4-2-1-3-15(18)23-20-24-16-6-5-13(9-19(16)27-20)11-25-12-22-14-7-8-21-10-17(14)25/h5-10,12,15,18,26H,1-4,11H2,(H,23,24)/t15-,18-/m1/s1. The van der Waals surface area contributed by atoms with E-state index in [9.17, 15) is 5.11 Å². The molecule has 1 fully saturated rings. The highest BCUT2D eigenvalue weighted by Gasteiger charge is 2.23. The van der Waals surface area contributed by atoms with E-state index in [4.69, 9.17) is 4.98 Å². The van der Waals surface area contributed by atoms with Gasteiger partial charge in [0.25, 0.3) is 0 Å². The van der Waals surface area contributed by atoms with Gasteiger partial charge in [0.15, 0.2) is 5.13 Å². The molecule has 4 aromatic rings. The molecule has 1 saturated carbocycles.